The number of alkyl halides is 1. The highest BCUT2D eigenvalue weighted by Crippen LogP contribution is 2.39. The lowest BCUT2D eigenvalue weighted by molar-refractivity contribution is 0.391. The molecule has 0 N–H and O–H groups in total. The Morgan fingerprint density at radius 2 is 1.85 bits per heavy atom. The first kappa shape index (κ1) is 15.1. The van der Waals surface area contributed by atoms with Crippen LogP contribution in [0.2, 0.25) is 5.02 Å². The minimum Gasteiger partial charge on any atom is -0.497 e. The first-order valence-corrected chi connectivity index (χ1v) is 7.17. The number of hydrogen-bond donors (Lipinski definition) is 0. The van der Waals surface area contributed by atoms with Gasteiger partial charge in [0.05, 0.1) is 24.1 Å². The fourth-order valence-electron chi connectivity index (χ4n) is 1.88. The number of hydrogen-bond acceptors (Lipinski definition) is 2. The zero-order chi connectivity index (χ0) is 14.7. The predicted octanol–water partition coefficient (Wildman–Crippen LogP) is 4.98. The summed E-state index contributed by atoms with van der Waals surface area (Å²) < 4.78 is 24.1. The van der Waals surface area contributed by atoms with Gasteiger partial charge in [0.25, 0.3) is 0 Å². The second-order valence-corrected chi connectivity index (χ2v) is 5.47. The third-order valence-corrected chi connectivity index (χ3v) is 4.28. The van der Waals surface area contributed by atoms with E-state index in [-0.39, 0.29) is 9.85 Å². The fourth-order valence-corrected chi connectivity index (χ4v) is 2.66. The molecule has 20 heavy (non-hydrogen) atoms. The Morgan fingerprint density at radius 1 is 1.10 bits per heavy atom. The van der Waals surface area contributed by atoms with Crippen LogP contribution in [-0.2, 0) is 0 Å². The molecule has 0 amide bonds. The van der Waals surface area contributed by atoms with Gasteiger partial charge in [-0.2, -0.15) is 0 Å². The third-order valence-electron chi connectivity index (χ3n) is 2.95. The zero-order valence-corrected chi connectivity index (χ0v) is 13.3. The highest BCUT2D eigenvalue weighted by molar-refractivity contribution is 9.09. The van der Waals surface area contributed by atoms with Crippen LogP contribution < -0.4 is 9.47 Å². The summed E-state index contributed by atoms with van der Waals surface area (Å²) in [6.07, 6.45) is 0. The summed E-state index contributed by atoms with van der Waals surface area (Å²) in [7, 11) is 3.18. The van der Waals surface area contributed by atoms with Crippen LogP contribution in [0.3, 0.4) is 0 Å². The standard InChI is InChI=1S/C15H13BrClFO2/c1-19-10-4-5-11(14(8-10)20-2)15(16)9-3-6-12(17)13(18)7-9/h3-8,15H,1-2H3. The van der Waals surface area contributed by atoms with Gasteiger partial charge in [-0.1, -0.05) is 39.7 Å². The quantitative estimate of drug-likeness (QED) is 0.717. The van der Waals surface area contributed by atoms with Gasteiger partial charge in [-0.15, -0.1) is 0 Å². The molecule has 1 atom stereocenters. The van der Waals surface area contributed by atoms with Crippen LogP contribution in [0.5, 0.6) is 11.5 Å². The molecule has 2 aromatic rings. The van der Waals surface area contributed by atoms with Crippen molar-refractivity contribution < 1.29 is 13.9 Å². The van der Waals surface area contributed by atoms with Crippen LogP contribution in [0.15, 0.2) is 36.4 Å². The largest absolute Gasteiger partial charge is 0.497 e. The molecule has 0 aliphatic carbocycles. The molecule has 5 heteroatoms. The summed E-state index contributed by atoms with van der Waals surface area (Å²) in [6.45, 7) is 0. The maximum Gasteiger partial charge on any atom is 0.142 e. The van der Waals surface area contributed by atoms with Crippen LogP contribution in [0.4, 0.5) is 4.39 Å². The Bertz CT molecular complexity index is 619. The monoisotopic (exact) mass is 358 g/mol. The van der Waals surface area contributed by atoms with E-state index < -0.39 is 5.82 Å². The summed E-state index contributed by atoms with van der Waals surface area (Å²) in [5.74, 6) is 0.926. The predicted molar refractivity (Wildman–Crippen MR) is 81.7 cm³/mol. The molecule has 0 heterocycles. The molecule has 0 spiro atoms. The van der Waals surface area contributed by atoms with Gasteiger partial charge >= 0.3 is 0 Å². The average Bonchev–Trinajstić information content (AvgIpc) is 2.48. The lowest BCUT2D eigenvalue weighted by atomic mass is 10.0. The maximum atomic E-state index is 13.6. The van der Waals surface area contributed by atoms with Crippen molar-refractivity contribution in [3.05, 3.63) is 58.4 Å². The lowest BCUT2D eigenvalue weighted by Gasteiger charge is -2.16. The first-order valence-electron chi connectivity index (χ1n) is 5.87. The van der Waals surface area contributed by atoms with E-state index in [0.717, 1.165) is 11.1 Å². The Kier molecular flexibility index (Phi) is 4.89. The lowest BCUT2D eigenvalue weighted by Crippen LogP contribution is -1.98. The van der Waals surface area contributed by atoms with Crippen LogP contribution in [-0.4, -0.2) is 14.2 Å². The molecule has 2 aromatic carbocycles. The second-order valence-electron chi connectivity index (χ2n) is 4.14. The zero-order valence-electron chi connectivity index (χ0n) is 11.0. The Hall–Kier alpha value is -1.26. The minimum absolute atomic E-state index is 0.107. The highest BCUT2D eigenvalue weighted by Gasteiger charge is 2.17. The molecule has 1 unspecified atom stereocenters. The van der Waals surface area contributed by atoms with E-state index in [1.165, 1.54) is 12.1 Å². The van der Waals surface area contributed by atoms with E-state index in [0.29, 0.717) is 11.5 Å². The van der Waals surface area contributed by atoms with Crippen molar-refractivity contribution in [3.8, 4) is 11.5 Å². The smallest absolute Gasteiger partial charge is 0.142 e. The molecule has 0 saturated carbocycles. The summed E-state index contributed by atoms with van der Waals surface area (Å²) in [6, 6.07) is 10.2. The van der Waals surface area contributed by atoms with Crippen molar-refractivity contribution in [2.24, 2.45) is 0 Å². The van der Waals surface area contributed by atoms with Crippen molar-refractivity contribution >= 4 is 27.5 Å². The molecule has 2 nitrogen and oxygen atoms in total. The van der Waals surface area contributed by atoms with E-state index in [1.807, 2.05) is 12.1 Å². The second kappa shape index (κ2) is 6.46. The van der Waals surface area contributed by atoms with Crippen molar-refractivity contribution in [3.63, 3.8) is 0 Å². The van der Waals surface area contributed by atoms with Gasteiger partial charge in [-0.25, -0.2) is 4.39 Å². The van der Waals surface area contributed by atoms with Crippen LogP contribution in [0.25, 0.3) is 0 Å². The van der Waals surface area contributed by atoms with E-state index >= 15 is 0 Å². The highest BCUT2D eigenvalue weighted by atomic mass is 79.9. The van der Waals surface area contributed by atoms with Gasteiger partial charge in [0, 0.05) is 11.6 Å². The topological polar surface area (TPSA) is 18.5 Å². The molecular weight excluding hydrogens is 347 g/mol. The average molecular weight is 360 g/mol. The van der Waals surface area contributed by atoms with Crippen molar-refractivity contribution in [1.82, 2.24) is 0 Å². The Balaban J connectivity index is 2.41. The summed E-state index contributed by atoms with van der Waals surface area (Å²) in [5, 5.41) is 0.107. The summed E-state index contributed by atoms with van der Waals surface area (Å²) in [4.78, 5) is -0.199. The number of ether oxygens (including phenoxy) is 2. The fraction of sp³-hybridized carbons (Fsp3) is 0.200. The number of methoxy groups -OCH3 is 2. The molecule has 0 radical (unpaired) electrons. The first-order chi connectivity index (χ1) is 9.56. The summed E-state index contributed by atoms with van der Waals surface area (Å²) >= 11 is 9.26. The number of benzene rings is 2. The normalized spacial score (nSPS) is 12.1. The van der Waals surface area contributed by atoms with E-state index in [2.05, 4.69) is 15.9 Å². The molecule has 0 bridgehead atoms. The molecule has 2 rings (SSSR count). The van der Waals surface area contributed by atoms with Gasteiger partial charge in [0.1, 0.15) is 17.3 Å². The van der Waals surface area contributed by atoms with Gasteiger partial charge < -0.3 is 9.47 Å². The molecular formula is C15H13BrClFO2. The summed E-state index contributed by atoms with van der Waals surface area (Å²) in [5.41, 5.74) is 1.64. The van der Waals surface area contributed by atoms with Crippen LogP contribution in [0, 0.1) is 5.82 Å². The van der Waals surface area contributed by atoms with Gasteiger partial charge in [-0.3, -0.25) is 0 Å². The Morgan fingerprint density at radius 3 is 2.45 bits per heavy atom. The van der Waals surface area contributed by atoms with Crippen molar-refractivity contribution in [2.75, 3.05) is 14.2 Å². The third kappa shape index (κ3) is 3.07. The number of halogens is 3. The van der Waals surface area contributed by atoms with E-state index in [4.69, 9.17) is 21.1 Å². The molecule has 106 valence electrons. The molecule has 0 fully saturated rings. The van der Waals surface area contributed by atoms with Gasteiger partial charge in [-0.05, 0) is 23.8 Å². The van der Waals surface area contributed by atoms with Gasteiger partial charge in [0.15, 0.2) is 0 Å². The van der Waals surface area contributed by atoms with Crippen molar-refractivity contribution in [2.45, 2.75) is 4.83 Å². The molecule has 0 saturated heterocycles. The molecule has 0 aliphatic heterocycles. The maximum absolute atomic E-state index is 13.6. The SMILES string of the molecule is COc1ccc(C(Br)c2ccc(Cl)c(F)c2)c(OC)c1. The number of rotatable bonds is 4. The van der Waals surface area contributed by atoms with Crippen LogP contribution in [0.1, 0.15) is 16.0 Å². The van der Waals surface area contributed by atoms with Crippen LogP contribution >= 0.6 is 27.5 Å². The molecule has 0 aromatic heterocycles. The molecule has 0 aliphatic rings. The minimum atomic E-state index is -0.443. The van der Waals surface area contributed by atoms with Crippen molar-refractivity contribution in [1.29, 1.82) is 0 Å². The van der Waals surface area contributed by atoms with Gasteiger partial charge in [0.2, 0.25) is 0 Å². The van der Waals surface area contributed by atoms with E-state index in [1.54, 1.807) is 26.4 Å². The Labute approximate surface area is 130 Å². The van der Waals surface area contributed by atoms with E-state index in [9.17, 15) is 4.39 Å².